The summed E-state index contributed by atoms with van der Waals surface area (Å²) in [6, 6.07) is 8.17. The molecule has 0 amide bonds. The summed E-state index contributed by atoms with van der Waals surface area (Å²) in [6.07, 6.45) is 9.35. The van der Waals surface area contributed by atoms with Crippen molar-refractivity contribution in [3.63, 3.8) is 0 Å². The quantitative estimate of drug-likeness (QED) is 0.158. The number of benzene rings is 1. The number of carbonyl (C=O) groups excluding carboxylic acids is 1. The summed E-state index contributed by atoms with van der Waals surface area (Å²) in [6.45, 7) is 3.86. The van der Waals surface area contributed by atoms with Gasteiger partial charge in [-0.1, -0.05) is 37.3 Å². The van der Waals surface area contributed by atoms with Crippen LogP contribution in [0.4, 0.5) is 11.8 Å². The average molecular weight is 556 g/mol. The number of fused-ring (bicyclic) bond motifs is 1. The van der Waals surface area contributed by atoms with Crippen LogP contribution in [0.2, 0.25) is 0 Å². The lowest BCUT2D eigenvalue weighted by Gasteiger charge is -2.24. The maximum absolute atomic E-state index is 13.7. The first-order chi connectivity index (χ1) is 18.8. The highest BCUT2D eigenvalue weighted by atomic mass is 31.2. The highest BCUT2D eigenvalue weighted by molar-refractivity contribution is 7.52. The number of nitrogens with one attached hydrogen (secondary N) is 2. The molecule has 0 saturated heterocycles. The van der Waals surface area contributed by atoms with Crippen LogP contribution in [0.5, 0.6) is 5.75 Å². The van der Waals surface area contributed by atoms with E-state index in [4.69, 9.17) is 19.5 Å². The zero-order valence-corrected chi connectivity index (χ0v) is 22.9. The van der Waals surface area contributed by atoms with Crippen LogP contribution in [-0.2, 0) is 18.6 Å². The molecule has 13 heteroatoms. The number of para-hydroxylation sites is 1. The van der Waals surface area contributed by atoms with E-state index in [-0.39, 0.29) is 31.1 Å². The lowest BCUT2D eigenvalue weighted by Crippen LogP contribution is -2.35. The van der Waals surface area contributed by atoms with Crippen molar-refractivity contribution in [3.05, 3.63) is 48.8 Å². The lowest BCUT2D eigenvalue weighted by atomic mass is 10.1. The summed E-state index contributed by atoms with van der Waals surface area (Å²) in [5, 5.41) is 6.10. The summed E-state index contributed by atoms with van der Waals surface area (Å²) in [4.78, 5) is 25.6. The minimum absolute atomic E-state index is 0.0444. The summed E-state index contributed by atoms with van der Waals surface area (Å²) >= 11 is 0. The number of esters is 1. The van der Waals surface area contributed by atoms with Gasteiger partial charge in [0.2, 0.25) is 5.95 Å². The number of ether oxygens (including phenoxy) is 1. The number of aromatic nitrogens is 4. The van der Waals surface area contributed by atoms with Crippen molar-refractivity contribution in [1.82, 2.24) is 24.6 Å². The van der Waals surface area contributed by atoms with Gasteiger partial charge in [0.1, 0.15) is 11.8 Å². The molecule has 1 saturated carbocycles. The van der Waals surface area contributed by atoms with Gasteiger partial charge in [0, 0.05) is 12.0 Å². The second kappa shape index (κ2) is 11.7. The molecule has 1 fully saturated rings. The number of allylic oxidation sites excluding steroid dienone is 1. The maximum atomic E-state index is 13.7. The van der Waals surface area contributed by atoms with Gasteiger partial charge in [-0.2, -0.15) is 15.1 Å². The van der Waals surface area contributed by atoms with E-state index in [9.17, 15) is 9.36 Å². The Bertz CT molecular complexity index is 1380. The van der Waals surface area contributed by atoms with Gasteiger partial charge in [-0.05, 0) is 44.7 Å². The molecule has 2 aromatic heterocycles. The minimum Gasteiger partial charge on any atom is -0.465 e. The molecule has 3 aromatic rings. The van der Waals surface area contributed by atoms with E-state index in [1.165, 1.54) is 0 Å². The number of carbonyl (C=O) groups is 1. The molecule has 39 heavy (non-hydrogen) atoms. The van der Waals surface area contributed by atoms with E-state index in [0.29, 0.717) is 41.6 Å². The summed E-state index contributed by atoms with van der Waals surface area (Å²) in [7, 11) is -3.92. The molecule has 208 valence electrons. The standard InChI is InChI=1S/C26H34N7O5P/c1-3-13-36-25(34)17(2)32-39(35,38-21-7-5-4-6-8-21)37-15-18-9-12-20(14-18)33-16-28-22-23(29-19-10-11-19)30-26(27)31-24(22)33/h4-9,12,16-20H,3,10-11,13-15H2,1-2H3,(H,32,35)(H3,27,29,30,31)/t17-,18+,20-,39?/m0/s1. The van der Waals surface area contributed by atoms with Crippen LogP contribution in [0.15, 0.2) is 48.8 Å². The fraction of sp³-hybridized carbons (Fsp3) is 0.462. The van der Waals surface area contributed by atoms with E-state index in [2.05, 4.69) is 25.4 Å². The van der Waals surface area contributed by atoms with Crippen molar-refractivity contribution in [3.8, 4) is 5.75 Å². The third kappa shape index (κ3) is 6.76. The Kier molecular flexibility index (Phi) is 8.15. The summed E-state index contributed by atoms with van der Waals surface area (Å²) < 4.78 is 32.5. The number of rotatable bonds is 13. The van der Waals surface area contributed by atoms with Crippen LogP contribution in [0.1, 0.15) is 45.6 Å². The molecule has 2 aliphatic rings. The number of nitrogen functional groups attached to an aromatic ring is 1. The van der Waals surface area contributed by atoms with Crippen LogP contribution in [-0.4, -0.2) is 50.8 Å². The van der Waals surface area contributed by atoms with Crippen LogP contribution in [0.25, 0.3) is 11.2 Å². The van der Waals surface area contributed by atoms with Gasteiger partial charge in [-0.15, -0.1) is 0 Å². The van der Waals surface area contributed by atoms with Gasteiger partial charge < -0.3 is 24.9 Å². The Hall–Kier alpha value is -3.47. The molecule has 0 bridgehead atoms. The molecule has 0 spiro atoms. The van der Waals surface area contributed by atoms with E-state index in [0.717, 1.165) is 12.8 Å². The molecule has 0 radical (unpaired) electrons. The van der Waals surface area contributed by atoms with Crippen molar-refractivity contribution in [2.45, 2.75) is 57.7 Å². The first kappa shape index (κ1) is 27.1. The number of nitrogens with two attached hydrogens (primary N) is 1. The van der Waals surface area contributed by atoms with Crippen molar-refractivity contribution >= 4 is 36.6 Å². The maximum Gasteiger partial charge on any atom is 0.459 e. The highest BCUT2D eigenvalue weighted by Gasteiger charge is 2.34. The van der Waals surface area contributed by atoms with Gasteiger partial charge in [0.25, 0.3) is 0 Å². The van der Waals surface area contributed by atoms with E-state index in [1.54, 1.807) is 37.5 Å². The molecule has 4 N–H and O–H groups in total. The number of nitrogens with zero attached hydrogens (tertiary/aromatic N) is 4. The van der Waals surface area contributed by atoms with Crippen molar-refractivity contribution in [2.75, 3.05) is 24.3 Å². The highest BCUT2D eigenvalue weighted by Crippen LogP contribution is 2.46. The molecular weight excluding hydrogens is 521 g/mol. The topological polar surface area (TPSA) is 156 Å². The Morgan fingerprint density at radius 2 is 2.03 bits per heavy atom. The first-order valence-corrected chi connectivity index (χ1v) is 14.8. The van der Waals surface area contributed by atoms with Gasteiger partial charge in [0.05, 0.1) is 25.6 Å². The predicted octanol–water partition coefficient (Wildman–Crippen LogP) is 4.24. The Morgan fingerprint density at radius 3 is 2.77 bits per heavy atom. The van der Waals surface area contributed by atoms with Crippen LogP contribution < -0.4 is 20.7 Å². The zero-order chi connectivity index (χ0) is 27.4. The van der Waals surface area contributed by atoms with E-state index < -0.39 is 19.8 Å². The van der Waals surface area contributed by atoms with E-state index in [1.807, 2.05) is 29.7 Å². The fourth-order valence-corrected chi connectivity index (χ4v) is 5.85. The average Bonchev–Trinajstić information content (AvgIpc) is 3.43. The number of hydrogen-bond donors (Lipinski definition) is 3. The number of imidazole rings is 1. The van der Waals surface area contributed by atoms with Crippen LogP contribution >= 0.6 is 7.75 Å². The molecule has 1 unspecified atom stereocenters. The first-order valence-electron chi connectivity index (χ1n) is 13.2. The van der Waals surface area contributed by atoms with E-state index >= 15 is 0 Å². The molecule has 0 aliphatic heterocycles. The second-order valence-electron chi connectivity index (χ2n) is 9.84. The van der Waals surface area contributed by atoms with Crippen LogP contribution in [0, 0.1) is 5.92 Å². The normalized spacial score (nSPS) is 21.0. The Morgan fingerprint density at radius 1 is 1.23 bits per heavy atom. The minimum atomic E-state index is -3.92. The van der Waals surface area contributed by atoms with Crippen molar-refractivity contribution < 1.29 is 23.1 Å². The van der Waals surface area contributed by atoms with Crippen molar-refractivity contribution in [1.29, 1.82) is 0 Å². The Labute approximate surface area is 226 Å². The van der Waals surface area contributed by atoms with Gasteiger partial charge >= 0.3 is 13.7 Å². The van der Waals surface area contributed by atoms with Gasteiger partial charge in [-0.3, -0.25) is 9.32 Å². The third-order valence-corrected chi connectivity index (χ3v) is 8.09. The molecule has 12 nitrogen and oxygen atoms in total. The number of anilines is 2. The zero-order valence-electron chi connectivity index (χ0n) is 22.0. The number of hydrogen-bond acceptors (Lipinski definition) is 10. The van der Waals surface area contributed by atoms with Gasteiger partial charge in [0.15, 0.2) is 17.0 Å². The summed E-state index contributed by atoms with van der Waals surface area (Å²) in [5.41, 5.74) is 7.33. The fourth-order valence-electron chi connectivity index (χ4n) is 4.30. The molecule has 1 aromatic carbocycles. The molecule has 4 atom stereocenters. The lowest BCUT2D eigenvalue weighted by molar-refractivity contribution is -0.145. The second-order valence-corrected chi connectivity index (χ2v) is 11.5. The Balaban J connectivity index is 1.26. The summed E-state index contributed by atoms with van der Waals surface area (Å²) in [5.74, 6) is 0.609. The smallest absolute Gasteiger partial charge is 0.459 e. The monoisotopic (exact) mass is 555 g/mol. The van der Waals surface area contributed by atoms with Gasteiger partial charge in [-0.25, -0.2) is 9.55 Å². The predicted molar refractivity (Wildman–Crippen MR) is 147 cm³/mol. The van der Waals surface area contributed by atoms with Crippen LogP contribution in [0.3, 0.4) is 0 Å². The third-order valence-electron chi connectivity index (χ3n) is 6.45. The van der Waals surface area contributed by atoms with Crippen molar-refractivity contribution in [2.24, 2.45) is 5.92 Å². The largest absolute Gasteiger partial charge is 0.465 e. The molecule has 2 heterocycles. The molecular formula is C26H34N7O5P. The molecule has 5 rings (SSSR count). The SMILES string of the molecule is CCCOC(=O)[C@H](C)NP(=O)(OC[C@@H]1C=C[C@H](n2cnc3c(NC4CC4)nc(N)nc32)C1)Oc1ccccc1. The molecule has 2 aliphatic carbocycles.